The van der Waals surface area contributed by atoms with E-state index in [0.717, 1.165) is 5.56 Å². The summed E-state index contributed by atoms with van der Waals surface area (Å²) in [4.78, 5) is 26.9. The Hall–Kier alpha value is -1.40. The number of likely N-dealkylation sites (N-methyl/N-ethyl adjacent to an activating group) is 1. The third-order valence-electron chi connectivity index (χ3n) is 4.48. The van der Waals surface area contributed by atoms with Crippen molar-refractivity contribution in [2.75, 3.05) is 25.5 Å². The van der Waals surface area contributed by atoms with E-state index in [1.165, 1.54) is 49.9 Å². The van der Waals surface area contributed by atoms with Crippen LogP contribution in [0.25, 0.3) is 0 Å². The predicted molar refractivity (Wildman–Crippen MR) is 97.8 cm³/mol. The van der Waals surface area contributed by atoms with Crippen LogP contribution in [0.3, 0.4) is 0 Å². The number of ether oxygens (including phenoxy) is 1. The first-order chi connectivity index (χ1) is 11.5. The van der Waals surface area contributed by atoms with Crippen LogP contribution in [-0.2, 0) is 9.53 Å². The maximum Gasteiger partial charge on any atom is 0.348 e. The molecule has 0 atom stereocenters. The van der Waals surface area contributed by atoms with Crippen molar-refractivity contribution in [2.24, 2.45) is 0 Å². The summed E-state index contributed by atoms with van der Waals surface area (Å²) in [7, 11) is 2.03. The third-order valence-corrected chi connectivity index (χ3v) is 5.61. The van der Waals surface area contributed by atoms with Crippen LogP contribution in [0, 0.1) is 6.92 Å². The molecule has 1 aromatic heterocycles. The van der Waals surface area contributed by atoms with Gasteiger partial charge in [-0.05, 0) is 45.4 Å². The number of carbonyl (C=O) groups is 2. The van der Waals surface area contributed by atoms with E-state index in [1.807, 2.05) is 20.0 Å². The van der Waals surface area contributed by atoms with Gasteiger partial charge in [0.15, 0.2) is 0 Å². The number of nitrogens with one attached hydrogen (secondary N) is 1. The van der Waals surface area contributed by atoms with Crippen molar-refractivity contribution in [3.63, 3.8) is 0 Å². The first kappa shape index (κ1) is 18.9. The Morgan fingerprint density at radius 3 is 2.58 bits per heavy atom. The van der Waals surface area contributed by atoms with Gasteiger partial charge in [-0.2, -0.15) is 0 Å². The van der Waals surface area contributed by atoms with Crippen molar-refractivity contribution in [3.05, 3.63) is 16.5 Å². The van der Waals surface area contributed by atoms with E-state index in [-0.39, 0.29) is 11.9 Å². The Bertz CT molecular complexity index is 563. The van der Waals surface area contributed by atoms with Gasteiger partial charge in [-0.15, -0.1) is 11.3 Å². The largest absolute Gasteiger partial charge is 0.462 e. The topological polar surface area (TPSA) is 58.6 Å². The Labute approximate surface area is 148 Å². The van der Waals surface area contributed by atoms with Crippen LogP contribution in [0.15, 0.2) is 6.07 Å². The molecule has 134 valence electrons. The lowest BCUT2D eigenvalue weighted by atomic mass is 10.1. The summed E-state index contributed by atoms with van der Waals surface area (Å²) in [6.07, 6.45) is 7.47. The molecule has 6 heteroatoms. The van der Waals surface area contributed by atoms with Gasteiger partial charge in [-0.25, -0.2) is 4.79 Å². The zero-order valence-corrected chi connectivity index (χ0v) is 15.7. The van der Waals surface area contributed by atoms with Crippen LogP contribution < -0.4 is 5.32 Å². The molecule has 0 aliphatic heterocycles. The highest BCUT2D eigenvalue weighted by Crippen LogP contribution is 2.27. The Kier molecular flexibility index (Phi) is 7.24. The van der Waals surface area contributed by atoms with Crippen molar-refractivity contribution >= 4 is 28.2 Å². The number of amides is 1. The van der Waals surface area contributed by atoms with Gasteiger partial charge in [-0.1, -0.05) is 25.7 Å². The van der Waals surface area contributed by atoms with E-state index in [9.17, 15) is 9.59 Å². The van der Waals surface area contributed by atoms with E-state index in [1.54, 1.807) is 6.92 Å². The lowest BCUT2D eigenvalue weighted by molar-refractivity contribution is -0.117. The molecule has 1 aliphatic carbocycles. The van der Waals surface area contributed by atoms with Gasteiger partial charge in [0.05, 0.1) is 18.2 Å². The molecule has 0 unspecified atom stereocenters. The first-order valence-corrected chi connectivity index (χ1v) is 9.60. The number of thiophene rings is 1. The smallest absolute Gasteiger partial charge is 0.348 e. The normalized spacial score (nSPS) is 16.0. The van der Waals surface area contributed by atoms with Crippen molar-refractivity contribution in [3.8, 4) is 0 Å². The SMILES string of the molecule is CCOC(=O)c1sc(NC(=O)CN(C)C2CCCCCC2)cc1C. The maximum absolute atomic E-state index is 12.3. The second-order valence-electron chi connectivity index (χ2n) is 6.45. The molecule has 0 spiro atoms. The van der Waals surface area contributed by atoms with Gasteiger partial charge < -0.3 is 10.1 Å². The summed E-state index contributed by atoms with van der Waals surface area (Å²) in [5, 5.41) is 3.62. The van der Waals surface area contributed by atoms with Crippen LogP contribution in [0.5, 0.6) is 0 Å². The molecule has 5 nitrogen and oxygen atoms in total. The number of esters is 1. The average Bonchev–Trinajstić information content (AvgIpc) is 2.75. The zero-order valence-electron chi connectivity index (χ0n) is 14.9. The van der Waals surface area contributed by atoms with Crippen molar-refractivity contribution in [1.82, 2.24) is 4.90 Å². The molecule has 1 amide bonds. The molecule has 24 heavy (non-hydrogen) atoms. The van der Waals surface area contributed by atoms with Crippen molar-refractivity contribution < 1.29 is 14.3 Å². The third kappa shape index (κ3) is 5.31. The fraction of sp³-hybridized carbons (Fsp3) is 0.667. The fourth-order valence-corrected chi connectivity index (χ4v) is 4.16. The maximum atomic E-state index is 12.3. The Balaban J connectivity index is 1.89. The number of hydrogen-bond acceptors (Lipinski definition) is 5. The molecular weight excluding hydrogens is 324 g/mol. The van der Waals surface area contributed by atoms with Crippen LogP contribution in [-0.4, -0.2) is 43.0 Å². The van der Waals surface area contributed by atoms with Crippen molar-refractivity contribution in [1.29, 1.82) is 0 Å². The molecule has 0 saturated heterocycles. The van der Waals surface area contributed by atoms with Gasteiger partial charge in [0.2, 0.25) is 5.91 Å². The summed E-state index contributed by atoms with van der Waals surface area (Å²) >= 11 is 1.28. The molecule has 0 bridgehead atoms. The molecule has 2 rings (SSSR count). The summed E-state index contributed by atoms with van der Waals surface area (Å²) in [6, 6.07) is 2.33. The standard InChI is InChI=1S/C18H28N2O3S/c1-4-23-18(22)17-13(2)11-16(24-17)19-15(21)12-20(3)14-9-7-5-6-8-10-14/h11,14H,4-10,12H2,1-3H3,(H,19,21). The number of carbonyl (C=O) groups excluding carboxylic acids is 2. The zero-order chi connectivity index (χ0) is 17.5. The van der Waals surface area contributed by atoms with Gasteiger partial charge in [0.25, 0.3) is 0 Å². The highest BCUT2D eigenvalue weighted by Gasteiger charge is 2.20. The predicted octanol–water partition coefficient (Wildman–Crippen LogP) is 3.83. The molecule has 1 aromatic rings. The van der Waals surface area contributed by atoms with Crippen LogP contribution in [0.1, 0.15) is 60.7 Å². The highest BCUT2D eigenvalue weighted by atomic mass is 32.1. The first-order valence-electron chi connectivity index (χ1n) is 8.79. The molecule has 0 radical (unpaired) electrons. The lowest BCUT2D eigenvalue weighted by Gasteiger charge is -2.26. The van der Waals surface area contributed by atoms with Crippen LogP contribution in [0.4, 0.5) is 5.00 Å². The second-order valence-corrected chi connectivity index (χ2v) is 7.50. The monoisotopic (exact) mass is 352 g/mol. The quantitative estimate of drug-likeness (QED) is 0.624. The van der Waals surface area contributed by atoms with E-state index in [0.29, 0.717) is 29.1 Å². The molecule has 1 heterocycles. The van der Waals surface area contributed by atoms with E-state index >= 15 is 0 Å². The van der Waals surface area contributed by atoms with Crippen LogP contribution in [0.2, 0.25) is 0 Å². The molecule has 0 aromatic carbocycles. The number of aryl methyl sites for hydroxylation is 1. The molecule has 1 N–H and O–H groups in total. The summed E-state index contributed by atoms with van der Waals surface area (Å²) in [5.74, 6) is -0.352. The Morgan fingerprint density at radius 1 is 1.29 bits per heavy atom. The van der Waals surface area contributed by atoms with Crippen LogP contribution >= 0.6 is 11.3 Å². The minimum absolute atomic E-state index is 0.0293. The van der Waals surface area contributed by atoms with Gasteiger partial charge >= 0.3 is 5.97 Å². The van der Waals surface area contributed by atoms with Gasteiger partial charge in [0, 0.05) is 6.04 Å². The van der Waals surface area contributed by atoms with E-state index < -0.39 is 0 Å². The van der Waals surface area contributed by atoms with Gasteiger partial charge in [0.1, 0.15) is 4.88 Å². The van der Waals surface area contributed by atoms with E-state index in [2.05, 4.69) is 10.2 Å². The number of hydrogen-bond donors (Lipinski definition) is 1. The number of anilines is 1. The average molecular weight is 353 g/mol. The van der Waals surface area contributed by atoms with Gasteiger partial charge in [-0.3, -0.25) is 9.69 Å². The summed E-state index contributed by atoms with van der Waals surface area (Å²) in [5.41, 5.74) is 0.839. The molecule has 1 fully saturated rings. The second kappa shape index (κ2) is 9.18. The minimum Gasteiger partial charge on any atom is -0.462 e. The Morgan fingerprint density at radius 2 is 1.96 bits per heavy atom. The summed E-state index contributed by atoms with van der Waals surface area (Å²) < 4.78 is 5.03. The fourth-order valence-electron chi connectivity index (χ4n) is 3.17. The summed E-state index contributed by atoms with van der Waals surface area (Å²) in [6.45, 7) is 4.38. The van der Waals surface area contributed by atoms with Crippen molar-refractivity contribution in [2.45, 2.75) is 58.4 Å². The number of nitrogens with zero attached hydrogens (tertiary/aromatic N) is 1. The molecule has 1 saturated carbocycles. The molecule has 1 aliphatic rings. The highest BCUT2D eigenvalue weighted by molar-refractivity contribution is 7.18. The lowest BCUT2D eigenvalue weighted by Crippen LogP contribution is -2.37. The minimum atomic E-state index is -0.323. The number of rotatable bonds is 6. The van der Waals surface area contributed by atoms with E-state index in [4.69, 9.17) is 4.74 Å². The molecular formula is C18H28N2O3S.